The van der Waals surface area contributed by atoms with Crippen LogP contribution in [0.25, 0.3) is 10.9 Å². The van der Waals surface area contributed by atoms with E-state index < -0.39 is 0 Å². The Morgan fingerprint density at radius 2 is 2.17 bits per heavy atom. The van der Waals surface area contributed by atoms with E-state index in [9.17, 15) is 0 Å². The summed E-state index contributed by atoms with van der Waals surface area (Å²) in [5.41, 5.74) is 4.11. The summed E-state index contributed by atoms with van der Waals surface area (Å²) in [5, 5.41) is 1.30. The molecule has 4 rings (SSSR count). The van der Waals surface area contributed by atoms with E-state index in [0.717, 1.165) is 12.4 Å². The number of nitrogens with one attached hydrogen (secondary N) is 1. The van der Waals surface area contributed by atoms with Crippen molar-refractivity contribution in [3.8, 4) is 5.75 Å². The summed E-state index contributed by atoms with van der Waals surface area (Å²) in [6.07, 6.45) is 5.26. The van der Waals surface area contributed by atoms with Gasteiger partial charge in [-0.15, -0.1) is 0 Å². The molecule has 1 unspecified atom stereocenters. The molecular weight excluding hydrogens is 226 g/mol. The Kier molecular flexibility index (Phi) is 2.33. The van der Waals surface area contributed by atoms with E-state index in [1.54, 1.807) is 0 Å². The Labute approximate surface area is 106 Å². The van der Waals surface area contributed by atoms with Crippen LogP contribution in [0, 0.1) is 0 Å². The highest BCUT2D eigenvalue weighted by molar-refractivity contribution is 5.90. The number of fused-ring (bicyclic) bond motifs is 3. The number of aryl methyl sites for hydroxylation is 2. The second-order valence-corrected chi connectivity index (χ2v) is 5.23. The van der Waals surface area contributed by atoms with Crippen molar-refractivity contribution in [2.45, 2.75) is 31.8 Å². The van der Waals surface area contributed by atoms with Gasteiger partial charge >= 0.3 is 0 Å². The van der Waals surface area contributed by atoms with Gasteiger partial charge in [0, 0.05) is 16.6 Å². The summed E-state index contributed by atoms with van der Waals surface area (Å²) in [4.78, 5) is 3.55. The van der Waals surface area contributed by atoms with Crippen LogP contribution in [-0.2, 0) is 17.6 Å². The van der Waals surface area contributed by atoms with Gasteiger partial charge in [-0.3, -0.25) is 0 Å². The smallest absolute Gasteiger partial charge is 0.129 e. The predicted octanol–water partition coefficient (Wildman–Crippen LogP) is 2.82. The van der Waals surface area contributed by atoms with Crippen LogP contribution < -0.4 is 4.74 Å². The van der Waals surface area contributed by atoms with Gasteiger partial charge in [0.15, 0.2) is 0 Å². The molecule has 1 atom stereocenters. The fourth-order valence-electron chi connectivity index (χ4n) is 2.90. The van der Waals surface area contributed by atoms with Crippen LogP contribution in [0.4, 0.5) is 0 Å². The highest BCUT2D eigenvalue weighted by Crippen LogP contribution is 2.35. The van der Waals surface area contributed by atoms with Crippen LogP contribution in [0.3, 0.4) is 0 Å². The molecule has 0 radical (unpaired) electrons. The van der Waals surface area contributed by atoms with Crippen LogP contribution in [0.15, 0.2) is 18.2 Å². The van der Waals surface area contributed by atoms with Gasteiger partial charge in [0.1, 0.15) is 18.5 Å². The zero-order valence-corrected chi connectivity index (χ0v) is 10.4. The zero-order chi connectivity index (χ0) is 11.9. The predicted molar refractivity (Wildman–Crippen MR) is 70.2 cm³/mol. The van der Waals surface area contributed by atoms with E-state index in [4.69, 9.17) is 9.47 Å². The molecule has 1 aliphatic carbocycles. The first kappa shape index (κ1) is 10.4. The molecule has 0 spiro atoms. The van der Waals surface area contributed by atoms with Gasteiger partial charge in [-0.2, -0.15) is 0 Å². The summed E-state index contributed by atoms with van der Waals surface area (Å²) >= 11 is 0. The SMILES string of the molecule is c1cc(OCC2CO2)c2c3c([nH]c2c1)CCCC3. The standard InChI is InChI=1S/C15H17NO2/c1-2-5-12-11(4-1)15-13(16-12)6-3-7-14(15)18-9-10-8-17-10/h3,6-7,10,16H,1-2,4-5,8-9H2. The first-order valence-corrected chi connectivity index (χ1v) is 6.78. The minimum absolute atomic E-state index is 0.315. The fourth-order valence-corrected chi connectivity index (χ4v) is 2.90. The quantitative estimate of drug-likeness (QED) is 0.842. The van der Waals surface area contributed by atoms with E-state index in [-0.39, 0.29) is 0 Å². The first-order valence-electron chi connectivity index (χ1n) is 6.78. The summed E-state index contributed by atoms with van der Waals surface area (Å²) in [6, 6.07) is 6.29. The van der Waals surface area contributed by atoms with Crippen molar-refractivity contribution in [1.29, 1.82) is 0 Å². The molecule has 1 saturated heterocycles. The Bertz CT molecular complexity index is 583. The molecule has 1 aromatic heterocycles. The van der Waals surface area contributed by atoms with Crippen LogP contribution in [-0.4, -0.2) is 24.3 Å². The van der Waals surface area contributed by atoms with Crippen molar-refractivity contribution >= 4 is 10.9 Å². The number of rotatable bonds is 3. The van der Waals surface area contributed by atoms with Gasteiger partial charge in [0.2, 0.25) is 0 Å². The summed E-state index contributed by atoms with van der Waals surface area (Å²) in [6.45, 7) is 1.53. The van der Waals surface area contributed by atoms with E-state index in [1.165, 1.54) is 47.8 Å². The second kappa shape index (κ2) is 4.02. The molecule has 18 heavy (non-hydrogen) atoms. The van der Waals surface area contributed by atoms with Crippen molar-refractivity contribution in [2.24, 2.45) is 0 Å². The molecule has 1 aliphatic heterocycles. The van der Waals surface area contributed by atoms with Crippen molar-refractivity contribution in [1.82, 2.24) is 4.98 Å². The van der Waals surface area contributed by atoms with Crippen LogP contribution in [0.1, 0.15) is 24.1 Å². The third-order valence-electron chi connectivity index (χ3n) is 3.91. The molecule has 0 bridgehead atoms. The Hall–Kier alpha value is -1.48. The molecule has 0 saturated carbocycles. The van der Waals surface area contributed by atoms with E-state index in [0.29, 0.717) is 12.7 Å². The maximum Gasteiger partial charge on any atom is 0.129 e. The Morgan fingerprint density at radius 1 is 1.28 bits per heavy atom. The van der Waals surface area contributed by atoms with Crippen LogP contribution >= 0.6 is 0 Å². The second-order valence-electron chi connectivity index (χ2n) is 5.23. The molecule has 2 aliphatic rings. The lowest BCUT2D eigenvalue weighted by molar-refractivity contribution is 0.265. The molecule has 1 N–H and O–H groups in total. The summed E-state index contributed by atoms with van der Waals surface area (Å²) < 4.78 is 11.1. The number of epoxide rings is 1. The minimum Gasteiger partial charge on any atom is -0.490 e. The molecule has 3 nitrogen and oxygen atoms in total. The van der Waals surface area contributed by atoms with E-state index >= 15 is 0 Å². The van der Waals surface area contributed by atoms with Gasteiger partial charge in [0.05, 0.1) is 6.61 Å². The summed E-state index contributed by atoms with van der Waals surface area (Å²) in [7, 11) is 0. The average molecular weight is 243 g/mol. The molecule has 1 fully saturated rings. The molecule has 94 valence electrons. The van der Waals surface area contributed by atoms with Gasteiger partial charge in [-0.1, -0.05) is 6.07 Å². The number of aromatic nitrogens is 1. The third-order valence-corrected chi connectivity index (χ3v) is 3.91. The maximum absolute atomic E-state index is 5.92. The van der Waals surface area contributed by atoms with Gasteiger partial charge in [-0.25, -0.2) is 0 Å². The number of hydrogen-bond donors (Lipinski definition) is 1. The van der Waals surface area contributed by atoms with Crippen molar-refractivity contribution in [2.75, 3.05) is 13.2 Å². The Morgan fingerprint density at radius 3 is 3.06 bits per heavy atom. The number of benzene rings is 1. The fraction of sp³-hybridized carbons (Fsp3) is 0.467. The lowest BCUT2D eigenvalue weighted by atomic mass is 9.95. The van der Waals surface area contributed by atoms with Gasteiger partial charge < -0.3 is 14.5 Å². The molecule has 3 heteroatoms. The molecule has 2 aromatic rings. The molecule has 0 amide bonds. The molecule has 2 heterocycles. The highest BCUT2D eigenvalue weighted by Gasteiger charge is 2.24. The maximum atomic E-state index is 5.92. The number of H-pyrrole nitrogens is 1. The van der Waals surface area contributed by atoms with Crippen molar-refractivity contribution in [3.05, 3.63) is 29.5 Å². The monoisotopic (exact) mass is 243 g/mol. The van der Waals surface area contributed by atoms with Crippen LogP contribution in [0.5, 0.6) is 5.75 Å². The lowest BCUT2D eigenvalue weighted by Gasteiger charge is -2.12. The highest BCUT2D eigenvalue weighted by atomic mass is 16.6. The van der Waals surface area contributed by atoms with Crippen molar-refractivity contribution < 1.29 is 9.47 Å². The first-order chi connectivity index (χ1) is 8.92. The third kappa shape index (κ3) is 1.70. The minimum atomic E-state index is 0.315. The number of aromatic amines is 1. The summed E-state index contributed by atoms with van der Waals surface area (Å²) in [5.74, 6) is 1.02. The molecule has 1 aromatic carbocycles. The Balaban J connectivity index is 1.77. The van der Waals surface area contributed by atoms with Gasteiger partial charge in [0.25, 0.3) is 0 Å². The number of hydrogen-bond acceptors (Lipinski definition) is 2. The van der Waals surface area contributed by atoms with Crippen molar-refractivity contribution in [3.63, 3.8) is 0 Å². The topological polar surface area (TPSA) is 37.5 Å². The van der Waals surface area contributed by atoms with E-state index in [2.05, 4.69) is 23.2 Å². The zero-order valence-electron chi connectivity index (χ0n) is 10.4. The normalized spacial score (nSPS) is 21.9. The van der Waals surface area contributed by atoms with Crippen LogP contribution in [0.2, 0.25) is 0 Å². The average Bonchev–Trinajstić information content (AvgIpc) is 3.15. The van der Waals surface area contributed by atoms with E-state index in [1.807, 2.05) is 0 Å². The molecular formula is C15H17NO2. The lowest BCUT2D eigenvalue weighted by Crippen LogP contribution is -2.05. The number of ether oxygens (including phenoxy) is 2. The van der Waals surface area contributed by atoms with Gasteiger partial charge in [-0.05, 0) is 43.4 Å². The largest absolute Gasteiger partial charge is 0.490 e.